The molecule has 0 aliphatic carbocycles. The van der Waals surface area contributed by atoms with Gasteiger partial charge in [0.1, 0.15) is 34.3 Å². The van der Waals surface area contributed by atoms with Gasteiger partial charge < -0.3 is 25.4 Å². The number of nitriles is 2. The molecule has 1 aromatic carbocycles. The zero-order chi connectivity index (χ0) is 22.5. The Morgan fingerprint density at radius 2 is 2.13 bits per heavy atom. The molecule has 0 saturated heterocycles. The van der Waals surface area contributed by atoms with Gasteiger partial charge in [0.15, 0.2) is 13.0 Å². The molecule has 31 heavy (non-hydrogen) atoms. The number of aryl methyl sites for hydroxylation is 1. The molecule has 0 unspecified atom stereocenters. The van der Waals surface area contributed by atoms with E-state index < -0.39 is 5.95 Å². The number of aromatic nitrogens is 3. The van der Waals surface area contributed by atoms with Crippen LogP contribution in [-0.2, 0) is 11.8 Å². The Hall–Kier alpha value is -4.29. The van der Waals surface area contributed by atoms with Crippen LogP contribution >= 0.6 is 11.8 Å². The van der Waals surface area contributed by atoms with Crippen molar-refractivity contribution in [2.24, 2.45) is 7.05 Å². The Morgan fingerprint density at radius 1 is 1.39 bits per heavy atom. The molecule has 0 bridgehead atoms. The van der Waals surface area contributed by atoms with E-state index in [2.05, 4.69) is 20.1 Å². The topological polar surface area (TPSA) is 178 Å². The summed E-state index contributed by atoms with van der Waals surface area (Å²) < 4.78 is 10.8. The van der Waals surface area contributed by atoms with Crippen LogP contribution in [0.25, 0.3) is 11.3 Å². The molecule has 3 N–H and O–H groups in total. The zero-order valence-corrected chi connectivity index (χ0v) is 17.2. The van der Waals surface area contributed by atoms with Crippen LogP contribution in [0.5, 0.6) is 11.7 Å². The highest BCUT2D eigenvalue weighted by Gasteiger charge is 2.29. The van der Waals surface area contributed by atoms with Gasteiger partial charge in [-0.05, 0) is 12.1 Å². The highest BCUT2D eigenvalue weighted by molar-refractivity contribution is 8.00. The number of pyridine rings is 1. The molecule has 156 valence electrons. The van der Waals surface area contributed by atoms with Gasteiger partial charge in [0.2, 0.25) is 5.91 Å². The minimum atomic E-state index is -0.840. The number of nitrogens with one attached hydrogen (secondary N) is 1. The predicted octanol–water partition coefficient (Wildman–Crippen LogP) is 0.700. The van der Waals surface area contributed by atoms with E-state index in [0.717, 1.165) is 16.4 Å². The Bertz CT molecular complexity index is 1220. The summed E-state index contributed by atoms with van der Waals surface area (Å²) in [4.78, 5) is 16.5. The third kappa shape index (κ3) is 4.34. The van der Waals surface area contributed by atoms with E-state index in [1.807, 2.05) is 12.1 Å². The number of carbonyl (C=O) groups excluding carboxylic acids is 1. The minimum Gasteiger partial charge on any atom is -0.539 e. The van der Waals surface area contributed by atoms with Gasteiger partial charge in [-0.3, -0.25) is 4.79 Å². The summed E-state index contributed by atoms with van der Waals surface area (Å²) >= 11 is 0.937. The Balaban J connectivity index is 1.93. The van der Waals surface area contributed by atoms with Gasteiger partial charge in [0.25, 0.3) is 5.69 Å². The smallest absolute Gasteiger partial charge is 0.266 e. The number of hydrogen-bond donors (Lipinski definition) is 2. The lowest BCUT2D eigenvalue weighted by Crippen LogP contribution is -2.32. The second kappa shape index (κ2) is 9.02. The number of hydrogen-bond acceptors (Lipinski definition) is 10. The maximum absolute atomic E-state index is 12.4. The van der Waals surface area contributed by atoms with Crippen molar-refractivity contribution in [2.45, 2.75) is 5.03 Å². The third-order valence-electron chi connectivity index (χ3n) is 4.11. The van der Waals surface area contributed by atoms with Gasteiger partial charge >= 0.3 is 0 Å². The standard InChI is InChI=1S/C19H15N7O4S/c1-26-16(19(28)30-25-26)15-12(7-20)17(22)24-18(13(15)8-21)31-9-14(27)23-10-4-3-5-11(6-10)29-2/h3-6H,9H2,1-2H3,(H3-,22,23,24,25,27,28). The molecule has 0 aliphatic rings. The molecule has 3 aromatic rings. The van der Waals surface area contributed by atoms with Gasteiger partial charge in [-0.2, -0.15) is 10.5 Å². The van der Waals surface area contributed by atoms with Crippen LogP contribution in [0.15, 0.2) is 33.8 Å². The van der Waals surface area contributed by atoms with Crippen LogP contribution in [0.1, 0.15) is 11.1 Å². The Morgan fingerprint density at radius 3 is 2.74 bits per heavy atom. The van der Waals surface area contributed by atoms with Gasteiger partial charge in [0, 0.05) is 11.8 Å². The summed E-state index contributed by atoms with van der Waals surface area (Å²) in [6.07, 6.45) is 0. The molecule has 0 fully saturated rings. The van der Waals surface area contributed by atoms with Crippen molar-refractivity contribution in [3.63, 3.8) is 0 Å². The first-order valence-electron chi connectivity index (χ1n) is 8.63. The van der Waals surface area contributed by atoms with Crippen molar-refractivity contribution in [3.8, 4) is 35.1 Å². The first-order valence-corrected chi connectivity index (χ1v) is 9.61. The number of amides is 1. The van der Waals surface area contributed by atoms with E-state index in [9.17, 15) is 20.4 Å². The summed E-state index contributed by atoms with van der Waals surface area (Å²) in [5, 5.41) is 37.6. The fourth-order valence-electron chi connectivity index (χ4n) is 2.75. The molecule has 1 amide bonds. The van der Waals surface area contributed by atoms with Crippen LogP contribution in [0.3, 0.4) is 0 Å². The van der Waals surface area contributed by atoms with E-state index in [-0.39, 0.29) is 44.9 Å². The third-order valence-corrected chi connectivity index (χ3v) is 5.08. The van der Waals surface area contributed by atoms with Gasteiger partial charge in [-0.15, -0.1) is 0 Å². The molecular formula is C19H15N7O4S. The van der Waals surface area contributed by atoms with E-state index >= 15 is 0 Å². The molecule has 2 heterocycles. The zero-order valence-electron chi connectivity index (χ0n) is 16.4. The number of nitrogens with two attached hydrogens (primary N) is 1. The van der Waals surface area contributed by atoms with E-state index in [1.54, 1.807) is 24.3 Å². The van der Waals surface area contributed by atoms with E-state index in [0.29, 0.717) is 11.4 Å². The second-order valence-electron chi connectivity index (χ2n) is 6.05. The van der Waals surface area contributed by atoms with Crippen LogP contribution in [0, 0.1) is 22.7 Å². The monoisotopic (exact) mass is 437 g/mol. The molecule has 12 heteroatoms. The number of ether oxygens (including phenoxy) is 1. The average Bonchev–Trinajstić information content (AvgIpc) is 3.09. The molecule has 0 radical (unpaired) electrons. The highest BCUT2D eigenvalue weighted by atomic mass is 32.2. The summed E-state index contributed by atoms with van der Waals surface area (Å²) in [6, 6.07) is 10.6. The fourth-order valence-corrected chi connectivity index (χ4v) is 3.54. The summed E-state index contributed by atoms with van der Waals surface area (Å²) in [5.41, 5.74) is 6.03. The normalized spacial score (nSPS) is 10.2. The Kier molecular flexibility index (Phi) is 6.23. The van der Waals surface area contributed by atoms with Crippen LogP contribution in [0.2, 0.25) is 0 Å². The largest absolute Gasteiger partial charge is 0.539 e. The molecule has 0 spiro atoms. The number of nitrogen functional groups attached to an aromatic ring is 1. The number of nitrogens with zero attached hydrogens (tertiary/aromatic N) is 5. The van der Waals surface area contributed by atoms with Crippen molar-refractivity contribution in [3.05, 3.63) is 35.4 Å². The lowest BCUT2D eigenvalue weighted by Gasteiger charge is -2.11. The molecule has 3 rings (SSSR count). The lowest BCUT2D eigenvalue weighted by molar-refractivity contribution is -0.730. The SMILES string of the molecule is COc1cccc(NC(=O)CSc2nc(N)c(C#N)c(-c3c([O-])on[n+]3C)c2C#N)c1. The molecule has 0 saturated carbocycles. The number of benzene rings is 1. The summed E-state index contributed by atoms with van der Waals surface area (Å²) in [6.45, 7) is 0. The first kappa shape index (κ1) is 21.4. The average molecular weight is 437 g/mol. The fraction of sp³-hybridized carbons (Fsp3) is 0.158. The number of thioether (sulfide) groups is 1. The van der Waals surface area contributed by atoms with Crippen molar-refractivity contribution < 1.29 is 23.8 Å². The number of methoxy groups -OCH3 is 1. The highest BCUT2D eigenvalue weighted by Crippen LogP contribution is 2.36. The maximum Gasteiger partial charge on any atom is 0.266 e. The van der Waals surface area contributed by atoms with Gasteiger partial charge in [0.05, 0.1) is 29.3 Å². The van der Waals surface area contributed by atoms with Crippen LogP contribution < -0.4 is 25.6 Å². The summed E-state index contributed by atoms with van der Waals surface area (Å²) in [7, 11) is 2.94. The predicted molar refractivity (Wildman–Crippen MR) is 107 cm³/mol. The van der Waals surface area contributed by atoms with Crippen LogP contribution in [0.4, 0.5) is 11.5 Å². The number of carbonyl (C=O) groups is 1. The molecular weight excluding hydrogens is 422 g/mol. The molecule has 11 nitrogen and oxygen atoms in total. The quantitative estimate of drug-likeness (QED) is 0.412. The van der Waals surface area contributed by atoms with Crippen molar-refractivity contribution >= 4 is 29.2 Å². The van der Waals surface area contributed by atoms with E-state index in [1.165, 1.54) is 14.2 Å². The molecule has 0 aliphatic heterocycles. The lowest BCUT2D eigenvalue weighted by atomic mass is 10.0. The van der Waals surface area contributed by atoms with Gasteiger partial charge in [-0.25, -0.2) is 4.98 Å². The first-order chi connectivity index (χ1) is 14.9. The van der Waals surface area contributed by atoms with E-state index in [4.69, 9.17) is 10.5 Å². The van der Waals surface area contributed by atoms with Crippen molar-refractivity contribution in [1.29, 1.82) is 10.5 Å². The van der Waals surface area contributed by atoms with Crippen molar-refractivity contribution in [1.82, 2.24) is 10.3 Å². The molecule has 0 atom stereocenters. The second-order valence-corrected chi connectivity index (χ2v) is 7.02. The molecule has 2 aromatic heterocycles. The number of anilines is 2. The maximum atomic E-state index is 12.4. The summed E-state index contributed by atoms with van der Waals surface area (Å²) in [5.74, 6) is -0.920. The van der Waals surface area contributed by atoms with Crippen molar-refractivity contribution in [2.75, 3.05) is 23.9 Å². The Labute approximate surface area is 180 Å². The van der Waals surface area contributed by atoms with Crippen LogP contribution in [-0.4, -0.2) is 29.0 Å². The van der Waals surface area contributed by atoms with Gasteiger partial charge in [-0.1, -0.05) is 22.5 Å². The number of rotatable bonds is 6. The minimum absolute atomic E-state index is 0.0399.